The first kappa shape index (κ1) is 13.0. The zero-order valence-electron chi connectivity index (χ0n) is 11.0. The fourth-order valence-electron chi connectivity index (χ4n) is 2.27. The van der Waals surface area contributed by atoms with Crippen molar-refractivity contribution in [1.82, 2.24) is 0 Å². The van der Waals surface area contributed by atoms with E-state index in [1.807, 2.05) is 20.8 Å². The van der Waals surface area contributed by atoms with Crippen molar-refractivity contribution in [2.45, 2.75) is 33.3 Å². The second-order valence-corrected chi connectivity index (χ2v) is 4.95. The molecular formula is C13H17ClN2O2. The van der Waals surface area contributed by atoms with E-state index in [0.717, 1.165) is 11.1 Å². The van der Waals surface area contributed by atoms with Crippen molar-refractivity contribution in [3.63, 3.8) is 0 Å². The Morgan fingerprint density at radius 1 is 1.39 bits per heavy atom. The van der Waals surface area contributed by atoms with Crippen LogP contribution >= 0.6 is 11.6 Å². The lowest BCUT2D eigenvalue weighted by atomic mass is 10.0. The van der Waals surface area contributed by atoms with E-state index in [-0.39, 0.29) is 5.91 Å². The third-order valence-electron chi connectivity index (χ3n) is 3.45. The maximum Gasteiger partial charge on any atom is 0.267 e. The van der Waals surface area contributed by atoms with Crippen LogP contribution in [0.15, 0.2) is 0 Å². The van der Waals surface area contributed by atoms with Gasteiger partial charge in [-0.05, 0) is 31.4 Å². The number of halogens is 1. The summed E-state index contributed by atoms with van der Waals surface area (Å²) in [6.45, 7) is 5.63. The van der Waals surface area contributed by atoms with Crippen LogP contribution in [-0.4, -0.2) is 19.1 Å². The topological polar surface area (TPSA) is 55.6 Å². The third kappa shape index (κ3) is 1.63. The summed E-state index contributed by atoms with van der Waals surface area (Å²) >= 11 is 6.23. The molecule has 0 aromatic heterocycles. The minimum absolute atomic E-state index is 0.0626. The van der Waals surface area contributed by atoms with Gasteiger partial charge in [0.05, 0.1) is 16.4 Å². The number of hydrogen-bond acceptors (Lipinski definition) is 3. The molecule has 1 heterocycles. The molecule has 0 spiro atoms. The summed E-state index contributed by atoms with van der Waals surface area (Å²) in [6, 6.07) is 0. The van der Waals surface area contributed by atoms with Crippen molar-refractivity contribution in [3.05, 3.63) is 16.1 Å². The molecule has 1 aliphatic rings. The standard InChI is InChI=1S/C13H17ClN2O2/c1-5-8-13(17)16(4)11-7(3)9(14)6(2)10(15)12(11)18-8/h8H,5,15H2,1-4H3. The largest absolute Gasteiger partial charge is 0.476 e. The second kappa shape index (κ2) is 4.35. The number of carbonyl (C=O) groups excluding carboxylic acids is 1. The highest BCUT2D eigenvalue weighted by Gasteiger charge is 2.34. The molecule has 1 amide bonds. The summed E-state index contributed by atoms with van der Waals surface area (Å²) < 4.78 is 5.74. The van der Waals surface area contributed by atoms with Crippen LogP contribution in [0.2, 0.25) is 5.02 Å². The summed E-state index contributed by atoms with van der Waals surface area (Å²) in [7, 11) is 1.73. The van der Waals surface area contributed by atoms with Gasteiger partial charge in [0.2, 0.25) is 0 Å². The lowest BCUT2D eigenvalue weighted by Gasteiger charge is -2.34. The smallest absolute Gasteiger partial charge is 0.267 e. The number of nitrogen functional groups attached to an aromatic ring is 1. The molecule has 0 fully saturated rings. The number of ether oxygens (including phenoxy) is 1. The Balaban J connectivity index is 2.71. The van der Waals surface area contributed by atoms with Gasteiger partial charge >= 0.3 is 0 Å². The number of hydrogen-bond donors (Lipinski definition) is 1. The van der Waals surface area contributed by atoms with Gasteiger partial charge in [-0.15, -0.1) is 0 Å². The number of amides is 1. The Hall–Kier alpha value is -1.42. The summed E-state index contributed by atoms with van der Waals surface area (Å²) in [5.74, 6) is 0.510. The first-order valence-corrected chi connectivity index (χ1v) is 6.30. The Labute approximate surface area is 112 Å². The predicted octanol–water partition coefficient (Wildman–Crippen LogP) is 2.67. The molecule has 1 aromatic carbocycles. The van der Waals surface area contributed by atoms with Crippen LogP contribution in [0.3, 0.4) is 0 Å². The van der Waals surface area contributed by atoms with Crippen molar-refractivity contribution in [3.8, 4) is 5.75 Å². The van der Waals surface area contributed by atoms with Crippen LogP contribution in [-0.2, 0) is 4.79 Å². The van der Waals surface area contributed by atoms with Gasteiger partial charge in [-0.2, -0.15) is 0 Å². The molecule has 98 valence electrons. The van der Waals surface area contributed by atoms with Crippen molar-refractivity contribution in [2.24, 2.45) is 0 Å². The molecule has 18 heavy (non-hydrogen) atoms. The first-order valence-electron chi connectivity index (χ1n) is 5.92. The van der Waals surface area contributed by atoms with Crippen LogP contribution < -0.4 is 15.4 Å². The van der Waals surface area contributed by atoms with Gasteiger partial charge in [0.25, 0.3) is 5.91 Å². The van der Waals surface area contributed by atoms with E-state index in [1.165, 1.54) is 0 Å². The van der Waals surface area contributed by atoms with Gasteiger partial charge in [0.15, 0.2) is 11.9 Å². The van der Waals surface area contributed by atoms with E-state index in [9.17, 15) is 4.79 Å². The van der Waals surface area contributed by atoms with Crippen molar-refractivity contribution >= 4 is 28.9 Å². The van der Waals surface area contributed by atoms with Crippen LogP contribution in [0.25, 0.3) is 0 Å². The summed E-state index contributed by atoms with van der Waals surface area (Å²) in [6.07, 6.45) is 0.146. The maximum atomic E-state index is 12.1. The van der Waals surface area contributed by atoms with Crippen LogP contribution in [0.1, 0.15) is 24.5 Å². The van der Waals surface area contributed by atoms with E-state index < -0.39 is 6.10 Å². The van der Waals surface area contributed by atoms with Gasteiger partial charge in [-0.3, -0.25) is 4.79 Å². The van der Waals surface area contributed by atoms with Gasteiger partial charge in [-0.25, -0.2) is 0 Å². The van der Waals surface area contributed by atoms with Crippen LogP contribution in [0.5, 0.6) is 5.75 Å². The van der Waals surface area contributed by atoms with Crippen molar-refractivity contribution in [2.75, 3.05) is 17.7 Å². The Morgan fingerprint density at radius 3 is 2.56 bits per heavy atom. The minimum atomic E-state index is -0.468. The summed E-state index contributed by atoms with van der Waals surface area (Å²) in [5.41, 5.74) is 8.86. The van der Waals surface area contributed by atoms with Crippen LogP contribution in [0, 0.1) is 13.8 Å². The van der Waals surface area contributed by atoms with Gasteiger partial charge in [0, 0.05) is 7.05 Å². The zero-order valence-corrected chi connectivity index (χ0v) is 11.8. The van der Waals surface area contributed by atoms with E-state index >= 15 is 0 Å². The lowest BCUT2D eigenvalue weighted by Crippen LogP contribution is -2.44. The van der Waals surface area contributed by atoms with Crippen LogP contribution in [0.4, 0.5) is 11.4 Å². The Morgan fingerprint density at radius 2 is 2.00 bits per heavy atom. The molecule has 5 heteroatoms. The number of nitrogens with two attached hydrogens (primary N) is 1. The molecule has 2 rings (SSSR count). The fraction of sp³-hybridized carbons (Fsp3) is 0.462. The highest BCUT2D eigenvalue weighted by atomic mass is 35.5. The molecule has 0 aliphatic carbocycles. The molecule has 2 N–H and O–H groups in total. The maximum absolute atomic E-state index is 12.1. The number of anilines is 2. The average Bonchev–Trinajstić information content (AvgIpc) is 2.36. The number of fused-ring (bicyclic) bond motifs is 1. The number of carbonyl (C=O) groups is 1. The number of benzene rings is 1. The summed E-state index contributed by atoms with van der Waals surface area (Å²) in [5, 5.41) is 0.587. The normalized spacial score (nSPS) is 18.6. The highest BCUT2D eigenvalue weighted by Crippen LogP contribution is 2.46. The van der Waals surface area contributed by atoms with E-state index in [0.29, 0.717) is 28.6 Å². The van der Waals surface area contributed by atoms with E-state index in [1.54, 1.807) is 11.9 Å². The second-order valence-electron chi connectivity index (χ2n) is 4.57. The average molecular weight is 269 g/mol. The summed E-state index contributed by atoms with van der Waals surface area (Å²) in [4.78, 5) is 13.7. The molecule has 0 saturated carbocycles. The number of rotatable bonds is 1. The van der Waals surface area contributed by atoms with E-state index in [2.05, 4.69) is 0 Å². The quantitative estimate of drug-likeness (QED) is 0.797. The van der Waals surface area contributed by atoms with Crippen molar-refractivity contribution in [1.29, 1.82) is 0 Å². The molecule has 4 nitrogen and oxygen atoms in total. The molecule has 1 aliphatic heterocycles. The third-order valence-corrected chi connectivity index (χ3v) is 4.02. The van der Waals surface area contributed by atoms with Gasteiger partial charge in [-0.1, -0.05) is 18.5 Å². The molecule has 1 aromatic rings. The zero-order chi connectivity index (χ0) is 13.6. The Kier molecular flexibility index (Phi) is 3.15. The molecule has 0 bridgehead atoms. The molecular weight excluding hydrogens is 252 g/mol. The number of nitrogens with zero attached hydrogens (tertiary/aromatic N) is 1. The van der Waals surface area contributed by atoms with Crippen molar-refractivity contribution < 1.29 is 9.53 Å². The molecule has 1 atom stereocenters. The molecule has 0 saturated heterocycles. The predicted molar refractivity (Wildman–Crippen MR) is 73.5 cm³/mol. The monoisotopic (exact) mass is 268 g/mol. The Bertz CT molecular complexity index is 528. The van der Waals surface area contributed by atoms with Gasteiger partial charge in [0.1, 0.15) is 0 Å². The van der Waals surface area contributed by atoms with E-state index in [4.69, 9.17) is 22.1 Å². The lowest BCUT2D eigenvalue weighted by molar-refractivity contribution is -0.126. The first-order chi connectivity index (χ1) is 8.40. The highest BCUT2D eigenvalue weighted by molar-refractivity contribution is 6.33. The minimum Gasteiger partial charge on any atom is -0.476 e. The molecule has 0 radical (unpaired) electrons. The molecule has 1 unspecified atom stereocenters. The fourth-order valence-corrected chi connectivity index (χ4v) is 2.46. The SMILES string of the molecule is CCC1Oc2c(N)c(C)c(Cl)c(C)c2N(C)C1=O. The number of likely N-dealkylation sites (N-methyl/N-ethyl adjacent to an activating group) is 1. The van der Waals surface area contributed by atoms with Gasteiger partial charge < -0.3 is 15.4 Å².